The van der Waals surface area contributed by atoms with Crippen LogP contribution in [0.5, 0.6) is 0 Å². The van der Waals surface area contributed by atoms with Gasteiger partial charge in [-0.15, -0.1) is 0 Å². The van der Waals surface area contributed by atoms with Crippen LogP contribution >= 0.6 is 0 Å². The van der Waals surface area contributed by atoms with E-state index in [1.165, 1.54) is 10.9 Å². The van der Waals surface area contributed by atoms with E-state index in [2.05, 4.69) is 25.1 Å². The highest BCUT2D eigenvalue weighted by molar-refractivity contribution is 5.95. The predicted octanol–water partition coefficient (Wildman–Crippen LogP) is 3.53. The molecule has 0 radical (unpaired) electrons. The summed E-state index contributed by atoms with van der Waals surface area (Å²) >= 11 is 0. The topological polar surface area (TPSA) is 84.3 Å². The lowest BCUT2D eigenvalue weighted by Crippen LogP contribution is -2.47. The maximum absolute atomic E-state index is 14.3. The summed E-state index contributed by atoms with van der Waals surface area (Å²) in [6, 6.07) is 3.73. The fourth-order valence-corrected chi connectivity index (χ4v) is 5.88. The first kappa shape index (κ1) is 22.6. The summed E-state index contributed by atoms with van der Waals surface area (Å²) in [5.41, 5.74) is -0.265. The van der Waals surface area contributed by atoms with Crippen molar-refractivity contribution in [3.8, 4) is 5.82 Å². The molecule has 0 aromatic carbocycles. The maximum Gasteiger partial charge on any atom is 0.435 e. The lowest BCUT2D eigenvalue weighted by atomic mass is 9.99. The number of anilines is 2. The zero-order chi connectivity index (χ0) is 24.3. The molecule has 3 aliphatic rings. The second-order valence-corrected chi connectivity index (χ2v) is 9.65. The number of pyridine rings is 1. The largest absolute Gasteiger partial charge is 0.435 e. The molecule has 2 bridgehead atoms. The Kier molecular flexibility index (Phi) is 5.40. The van der Waals surface area contributed by atoms with Crippen LogP contribution < -0.4 is 9.80 Å². The maximum atomic E-state index is 14.3. The number of ether oxygens (including phenoxy) is 2. The van der Waals surface area contributed by atoms with E-state index in [9.17, 15) is 13.2 Å². The minimum Gasteiger partial charge on any atom is -0.381 e. The Labute approximate surface area is 200 Å². The van der Waals surface area contributed by atoms with Gasteiger partial charge in [-0.3, -0.25) is 5.10 Å². The molecule has 3 saturated heterocycles. The van der Waals surface area contributed by atoms with Gasteiger partial charge in [0, 0.05) is 31.8 Å². The van der Waals surface area contributed by atoms with Gasteiger partial charge in [0.2, 0.25) is 0 Å². The third-order valence-corrected chi connectivity index (χ3v) is 7.56. The molecule has 0 aliphatic carbocycles. The van der Waals surface area contributed by atoms with Gasteiger partial charge in [-0.2, -0.15) is 28.1 Å². The molecular formula is C23H28F3N7O2. The number of hydrogen-bond donors (Lipinski definition) is 1. The summed E-state index contributed by atoms with van der Waals surface area (Å²) in [7, 11) is 1.68. The number of halogens is 3. The highest BCUT2D eigenvalue weighted by atomic mass is 19.4. The minimum atomic E-state index is -4.65. The molecule has 6 heterocycles. The van der Waals surface area contributed by atoms with Crippen LogP contribution in [-0.4, -0.2) is 76.1 Å². The van der Waals surface area contributed by atoms with Crippen molar-refractivity contribution in [1.82, 2.24) is 25.0 Å². The van der Waals surface area contributed by atoms with Crippen LogP contribution in [0.2, 0.25) is 0 Å². The summed E-state index contributed by atoms with van der Waals surface area (Å²) < 4.78 is 55.5. The van der Waals surface area contributed by atoms with Crippen LogP contribution in [-0.2, 0) is 15.7 Å². The summed E-state index contributed by atoms with van der Waals surface area (Å²) in [5, 5.41) is 10.7. The number of alkyl halides is 3. The van der Waals surface area contributed by atoms with Gasteiger partial charge in [0.1, 0.15) is 5.82 Å². The Morgan fingerprint density at radius 1 is 1.17 bits per heavy atom. The molecule has 3 aromatic heterocycles. The zero-order valence-electron chi connectivity index (χ0n) is 19.6. The predicted molar refractivity (Wildman–Crippen MR) is 123 cm³/mol. The average molecular weight is 492 g/mol. The number of piperidine rings is 1. The number of nitrogens with zero attached hydrogens (tertiary/aromatic N) is 6. The Hall–Kier alpha value is -2.86. The smallest absolute Gasteiger partial charge is 0.381 e. The van der Waals surface area contributed by atoms with Gasteiger partial charge < -0.3 is 19.3 Å². The third kappa shape index (κ3) is 3.74. The summed E-state index contributed by atoms with van der Waals surface area (Å²) in [4.78, 5) is 9.10. The number of H-pyrrole nitrogens is 1. The number of fused-ring (bicyclic) bond motifs is 3. The van der Waals surface area contributed by atoms with Crippen LogP contribution in [0, 0.1) is 0 Å². The summed E-state index contributed by atoms with van der Waals surface area (Å²) in [6.07, 6.45) is 0.343. The van der Waals surface area contributed by atoms with Crippen LogP contribution in [0.1, 0.15) is 38.3 Å². The molecule has 9 nitrogen and oxygen atoms in total. The Morgan fingerprint density at radius 3 is 2.57 bits per heavy atom. The Balaban J connectivity index is 1.59. The van der Waals surface area contributed by atoms with Crippen molar-refractivity contribution < 1.29 is 22.6 Å². The third-order valence-electron chi connectivity index (χ3n) is 7.56. The van der Waals surface area contributed by atoms with Gasteiger partial charge >= 0.3 is 6.18 Å². The van der Waals surface area contributed by atoms with Crippen molar-refractivity contribution in [2.75, 3.05) is 36.7 Å². The standard InChI is InChI=1S/C23H28F3N7O2/c1-13-9-16(34-2)6-8-31(13)17-10-19(32-14-3-4-15(32)12-35-11-14)28-22-20(17)21(23(24,25)26)30-33(22)18-5-7-27-29-18/h5,7,10,13-16H,3-4,6,8-9,11-12H2,1-2H3,(H,27,29)/t13-,14?,15?,16?/m1/s1. The Morgan fingerprint density at radius 2 is 1.94 bits per heavy atom. The molecule has 3 aliphatic heterocycles. The van der Waals surface area contributed by atoms with Crippen molar-refractivity contribution in [2.45, 2.75) is 63.0 Å². The molecular weight excluding hydrogens is 463 g/mol. The number of nitrogens with one attached hydrogen (secondary N) is 1. The second kappa shape index (κ2) is 8.37. The summed E-state index contributed by atoms with van der Waals surface area (Å²) in [5.74, 6) is 0.996. The van der Waals surface area contributed by atoms with Crippen LogP contribution in [0.4, 0.5) is 24.7 Å². The first-order valence-electron chi connectivity index (χ1n) is 12.0. The molecule has 1 N–H and O–H groups in total. The van der Waals surface area contributed by atoms with E-state index in [1.807, 2.05) is 13.0 Å². The molecule has 0 spiro atoms. The van der Waals surface area contributed by atoms with Crippen LogP contribution in [0.3, 0.4) is 0 Å². The van der Waals surface area contributed by atoms with Gasteiger partial charge in [0.25, 0.3) is 0 Å². The lowest BCUT2D eigenvalue weighted by molar-refractivity contribution is -0.140. The quantitative estimate of drug-likeness (QED) is 0.598. The lowest BCUT2D eigenvalue weighted by Gasteiger charge is -2.40. The number of aromatic nitrogens is 5. The van der Waals surface area contributed by atoms with E-state index in [0.29, 0.717) is 37.1 Å². The van der Waals surface area contributed by atoms with Crippen molar-refractivity contribution >= 4 is 22.5 Å². The fourth-order valence-electron chi connectivity index (χ4n) is 5.88. The number of morpholine rings is 1. The van der Waals surface area contributed by atoms with Crippen molar-refractivity contribution in [3.05, 3.63) is 24.0 Å². The van der Waals surface area contributed by atoms with Gasteiger partial charge in [-0.05, 0) is 32.6 Å². The molecule has 188 valence electrons. The number of aromatic amines is 1. The van der Waals surface area contributed by atoms with Crippen molar-refractivity contribution in [2.24, 2.45) is 0 Å². The van der Waals surface area contributed by atoms with Gasteiger partial charge in [0.15, 0.2) is 17.2 Å². The van der Waals surface area contributed by atoms with Crippen molar-refractivity contribution in [1.29, 1.82) is 0 Å². The number of methoxy groups -OCH3 is 1. The molecule has 4 atom stereocenters. The molecule has 6 rings (SSSR count). The van der Waals surface area contributed by atoms with Crippen LogP contribution in [0.15, 0.2) is 18.3 Å². The zero-order valence-corrected chi connectivity index (χ0v) is 19.6. The van der Waals surface area contributed by atoms with E-state index < -0.39 is 11.9 Å². The van der Waals surface area contributed by atoms with E-state index in [1.54, 1.807) is 13.2 Å². The van der Waals surface area contributed by atoms with E-state index in [4.69, 9.17) is 14.5 Å². The second-order valence-electron chi connectivity index (χ2n) is 9.65. The van der Waals surface area contributed by atoms with Gasteiger partial charge in [-0.25, -0.2) is 4.98 Å². The molecule has 12 heteroatoms. The molecule has 0 saturated carbocycles. The molecule has 3 aromatic rings. The highest BCUT2D eigenvalue weighted by Crippen LogP contribution is 2.44. The number of hydrogen-bond acceptors (Lipinski definition) is 7. The molecule has 35 heavy (non-hydrogen) atoms. The van der Waals surface area contributed by atoms with Crippen molar-refractivity contribution in [3.63, 3.8) is 0 Å². The van der Waals surface area contributed by atoms with Gasteiger partial charge in [0.05, 0.1) is 48.7 Å². The van der Waals surface area contributed by atoms with E-state index >= 15 is 0 Å². The van der Waals surface area contributed by atoms with E-state index in [0.717, 1.165) is 25.7 Å². The SMILES string of the molecule is COC1CCN(c2cc(N3C4CCC3COC4)nc3c2c(C(F)(F)F)nn3-c2ccn[nH]2)[C@H](C)C1. The fraction of sp³-hybridized carbons (Fsp3) is 0.609. The molecule has 3 unspecified atom stereocenters. The number of rotatable bonds is 4. The first-order valence-corrected chi connectivity index (χ1v) is 12.0. The Bertz CT molecular complexity index is 1200. The van der Waals surface area contributed by atoms with E-state index in [-0.39, 0.29) is 35.3 Å². The van der Waals surface area contributed by atoms with Gasteiger partial charge in [-0.1, -0.05) is 0 Å². The first-order chi connectivity index (χ1) is 16.8. The molecule has 3 fully saturated rings. The normalized spacial score (nSPS) is 27.2. The molecule has 0 amide bonds. The monoisotopic (exact) mass is 491 g/mol. The van der Waals surface area contributed by atoms with Crippen LogP contribution in [0.25, 0.3) is 16.9 Å². The highest BCUT2D eigenvalue weighted by Gasteiger charge is 2.43. The summed E-state index contributed by atoms with van der Waals surface area (Å²) in [6.45, 7) is 3.80. The average Bonchev–Trinajstić information content (AvgIpc) is 3.54. The minimum absolute atomic E-state index is 0.00912.